The molecule has 32 heavy (non-hydrogen) atoms. The average Bonchev–Trinajstić information content (AvgIpc) is 3.13. The summed E-state index contributed by atoms with van der Waals surface area (Å²) in [5.41, 5.74) is 4.08. The van der Waals surface area contributed by atoms with Gasteiger partial charge < -0.3 is 20.5 Å². The maximum absolute atomic E-state index is 13.0. The molecular weight excluding hydrogens is 408 g/mol. The molecule has 3 N–H and O–H groups in total. The number of amides is 1. The second-order valence-electron chi connectivity index (χ2n) is 7.06. The summed E-state index contributed by atoms with van der Waals surface area (Å²) in [7, 11) is 0. The summed E-state index contributed by atoms with van der Waals surface area (Å²) in [5, 5.41) is 15.2. The number of hydrogen-bond donors (Lipinski definition) is 3. The van der Waals surface area contributed by atoms with Crippen molar-refractivity contribution in [3.8, 4) is 0 Å². The highest BCUT2D eigenvalue weighted by Gasteiger charge is 2.29. The SMILES string of the molecule is CCOC(=O)c1ccc2c(c1)NC(=O)C2=C(Nc1ccc(C(=O)O)cc1)c1ccccc1. The highest BCUT2D eigenvalue weighted by Crippen LogP contribution is 2.38. The summed E-state index contributed by atoms with van der Waals surface area (Å²) in [4.78, 5) is 36.2. The molecule has 0 bridgehead atoms. The first kappa shape index (κ1) is 20.9. The standard InChI is InChI=1S/C25H20N2O5/c1-2-32-25(31)17-10-13-19-20(14-17)27-23(28)21(19)22(15-6-4-3-5-7-15)26-18-11-8-16(9-12-18)24(29)30/h3-14,26H,2H2,1H3,(H,27,28)(H,29,30). The van der Waals surface area contributed by atoms with E-state index in [1.54, 1.807) is 37.3 Å². The van der Waals surface area contributed by atoms with Gasteiger partial charge >= 0.3 is 11.9 Å². The molecular formula is C25H20N2O5. The number of benzene rings is 3. The van der Waals surface area contributed by atoms with Gasteiger partial charge in [0, 0.05) is 11.3 Å². The lowest BCUT2D eigenvalue weighted by Crippen LogP contribution is -2.10. The molecule has 3 aromatic rings. The van der Waals surface area contributed by atoms with Gasteiger partial charge in [-0.25, -0.2) is 9.59 Å². The smallest absolute Gasteiger partial charge is 0.338 e. The molecule has 1 heterocycles. The first-order chi connectivity index (χ1) is 15.5. The van der Waals surface area contributed by atoms with Gasteiger partial charge in [0.1, 0.15) is 0 Å². The lowest BCUT2D eigenvalue weighted by atomic mass is 9.99. The van der Waals surface area contributed by atoms with Crippen LogP contribution in [0.2, 0.25) is 0 Å². The number of anilines is 2. The monoisotopic (exact) mass is 428 g/mol. The van der Waals surface area contributed by atoms with Gasteiger partial charge in [-0.3, -0.25) is 4.79 Å². The van der Waals surface area contributed by atoms with Crippen molar-refractivity contribution in [1.29, 1.82) is 0 Å². The predicted octanol–water partition coefficient (Wildman–Crippen LogP) is 4.49. The van der Waals surface area contributed by atoms with Crippen molar-refractivity contribution >= 4 is 40.5 Å². The van der Waals surface area contributed by atoms with Crippen molar-refractivity contribution in [3.05, 3.63) is 95.1 Å². The summed E-state index contributed by atoms with van der Waals surface area (Å²) >= 11 is 0. The van der Waals surface area contributed by atoms with Crippen LogP contribution in [0.25, 0.3) is 11.3 Å². The minimum absolute atomic E-state index is 0.167. The fraction of sp³-hybridized carbons (Fsp3) is 0.0800. The van der Waals surface area contributed by atoms with Crippen LogP contribution in [0.5, 0.6) is 0 Å². The van der Waals surface area contributed by atoms with Crippen LogP contribution in [-0.4, -0.2) is 29.6 Å². The lowest BCUT2D eigenvalue weighted by Gasteiger charge is -2.15. The largest absolute Gasteiger partial charge is 0.478 e. The van der Waals surface area contributed by atoms with Gasteiger partial charge in [0.05, 0.1) is 34.7 Å². The second kappa shape index (κ2) is 8.77. The summed E-state index contributed by atoms with van der Waals surface area (Å²) in [6, 6.07) is 20.6. The molecule has 1 amide bonds. The predicted molar refractivity (Wildman–Crippen MR) is 121 cm³/mol. The van der Waals surface area contributed by atoms with Crippen molar-refractivity contribution in [2.24, 2.45) is 0 Å². The number of carboxylic acid groups (broad SMARTS) is 1. The van der Waals surface area contributed by atoms with Gasteiger partial charge in [0.2, 0.25) is 0 Å². The quantitative estimate of drug-likeness (QED) is 0.395. The Bertz CT molecular complexity index is 1230. The van der Waals surface area contributed by atoms with Crippen LogP contribution in [0.3, 0.4) is 0 Å². The molecule has 0 aromatic heterocycles. The number of rotatable bonds is 6. The van der Waals surface area contributed by atoms with E-state index >= 15 is 0 Å². The van der Waals surface area contributed by atoms with E-state index in [2.05, 4.69) is 10.6 Å². The number of carboxylic acids is 1. The van der Waals surface area contributed by atoms with E-state index in [1.165, 1.54) is 12.1 Å². The Morgan fingerprint density at radius 2 is 1.62 bits per heavy atom. The molecule has 0 unspecified atom stereocenters. The number of carbonyl (C=O) groups is 3. The Hall–Kier alpha value is -4.39. The molecule has 1 aliphatic rings. The first-order valence-corrected chi connectivity index (χ1v) is 10.0. The molecule has 3 aromatic carbocycles. The van der Waals surface area contributed by atoms with Crippen LogP contribution in [0.15, 0.2) is 72.8 Å². The molecule has 0 aliphatic carbocycles. The topological polar surface area (TPSA) is 105 Å². The van der Waals surface area contributed by atoms with E-state index < -0.39 is 11.9 Å². The van der Waals surface area contributed by atoms with E-state index in [4.69, 9.17) is 9.84 Å². The van der Waals surface area contributed by atoms with E-state index in [0.717, 1.165) is 5.56 Å². The van der Waals surface area contributed by atoms with Crippen LogP contribution in [0.4, 0.5) is 11.4 Å². The van der Waals surface area contributed by atoms with E-state index in [-0.39, 0.29) is 18.1 Å². The molecule has 7 nitrogen and oxygen atoms in total. The third-order valence-electron chi connectivity index (χ3n) is 4.99. The molecule has 0 atom stereocenters. The van der Waals surface area contributed by atoms with E-state index in [1.807, 2.05) is 30.3 Å². The van der Waals surface area contributed by atoms with Gasteiger partial charge in [0.25, 0.3) is 5.91 Å². The van der Waals surface area contributed by atoms with Crippen LogP contribution in [-0.2, 0) is 9.53 Å². The molecule has 7 heteroatoms. The van der Waals surface area contributed by atoms with Crippen LogP contribution >= 0.6 is 0 Å². The summed E-state index contributed by atoms with van der Waals surface area (Å²) < 4.78 is 5.05. The third kappa shape index (κ3) is 4.09. The van der Waals surface area contributed by atoms with Gasteiger partial charge in [-0.15, -0.1) is 0 Å². The van der Waals surface area contributed by atoms with Crippen molar-refractivity contribution in [1.82, 2.24) is 0 Å². The lowest BCUT2D eigenvalue weighted by molar-refractivity contribution is -0.110. The Morgan fingerprint density at radius 1 is 0.938 bits per heavy atom. The number of carbonyl (C=O) groups excluding carboxylic acids is 2. The van der Waals surface area contributed by atoms with Gasteiger partial charge in [-0.1, -0.05) is 36.4 Å². The van der Waals surface area contributed by atoms with Gasteiger partial charge in [-0.05, 0) is 48.9 Å². The molecule has 0 spiro atoms. The summed E-state index contributed by atoms with van der Waals surface area (Å²) in [6.07, 6.45) is 0. The zero-order valence-corrected chi connectivity index (χ0v) is 17.2. The minimum Gasteiger partial charge on any atom is -0.478 e. The fourth-order valence-electron chi connectivity index (χ4n) is 3.49. The van der Waals surface area contributed by atoms with E-state index in [9.17, 15) is 14.4 Å². The highest BCUT2D eigenvalue weighted by molar-refractivity contribution is 6.37. The number of hydrogen-bond acceptors (Lipinski definition) is 5. The van der Waals surface area contributed by atoms with Crippen molar-refractivity contribution in [2.75, 3.05) is 17.2 Å². The number of ether oxygens (including phenoxy) is 1. The van der Waals surface area contributed by atoms with Crippen LogP contribution in [0.1, 0.15) is 38.8 Å². The first-order valence-electron chi connectivity index (χ1n) is 10.0. The Labute approximate surface area is 184 Å². The maximum Gasteiger partial charge on any atom is 0.338 e. The normalized spacial score (nSPS) is 13.7. The highest BCUT2D eigenvalue weighted by atomic mass is 16.5. The van der Waals surface area contributed by atoms with Crippen molar-refractivity contribution in [2.45, 2.75) is 6.92 Å². The zero-order chi connectivity index (χ0) is 22.7. The number of fused-ring (bicyclic) bond motifs is 1. The van der Waals surface area contributed by atoms with Gasteiger partial charge in [-0.2, -0.15) is 0 Å². The molecule has 0 radical (unpaired) electrons. The molecule has 0 fully saturated rings. The zero-order valence-electron chi connectivity index (χ0n) is 17.2. The molecule has 1 aliphatic heterocycles. The van der Waals surface area contributed by atoms with Gasteiger partial charge in [0.15, 0.2) is 0 Å². The summed E-state index contributed by atoms with van der Waals surface area (Å²) in [6.45, 7) is 1.99. The molecule has 0 saturated carbocycles. The van der Waals surface area contributed by atoms with Crippen molar-refractivity contribution < 1.29 is 24.2 Å². The van der Waals surface area contributed by atoms with E-state index in [0.29, 0.717) is 33.8 Å². The molecule has 4 rings (SSSR count). The molecule has 0 saturated heterocycles. The third-order valence-corrected chi connectivity index (χ3v) is 4.99. The average molecular weight is 428 g/mol. The minimum atomic E-state index is -1.01. The van der Waals surface area contributed by atoms with Crippen molar-refractivity contribution in [3.63, 3.8) is 0 Å². The van der Waals surface area contributed by atoms with Crippen LogP contribution in [0, 0.1) is 0 Å². The maximum atomic E-state index is 13.0. The Morgan fingerprint density at radius 3 is 2.28 bits per heavy atom. The Balaban J connectivity index is 1.80. The number of nitrogens with one attached hydrogen (secondary N) is 2. The fourth-order valence-corrected chi connectivity index (χ4v) is 3.49. The number of aromatic carboxylic acids is 1. The molecule has 160 valence electrons. The second-order valence-corrected chi connectivity index (χ2v) is 7.06. The number of esters is 1. The Kier molecular flexibility index (Phi) is 5.72. The van der Waals surface area contributed by atoms with Crippen LogP contribution < -0.4 is 10.6 Å². The summed E-state index contributed by atoms with van der Waals surface area (Å²) in [5.74, 6) is -1.78.